The van der Waals surface area contributed by atoms with Gasteiger partial charge < -0.3 is 10.6 Å². The van der Waals surface area contributed by atoms with Crippen LogP contribution in [0.15, 0.2) is 42.5 Å². The standard InChI is InChI=1S/C16H18F2N2/c1-11-3-4-12(9-15(11)18)16(10-19)20(2)14-7-5-13(17)6-8-14/h3-9,16H,10,19H2,1-2H3. The Labute approximate surface area is 117 Å². The monoisotopic (exact) mass is 276 g/mol. The van der Waals surface area contributed by atoms with Crippen molar-refractivity contribution >= 4 is 5.69 Å². The van der Waals surface area contributed by atoms with Crippen molar-refractivity contribution in [2.24, 2.45) is 5.73 Å². The van der Waals surface area contributed by atoms with E-state index in [4.69, 9.17) is 5.73 Å². The van der Waals surface area contributed by atoms with Crippen LogP contribution in [0.3, 0.4) is 0 Å². The maximum Gasteiger partial charge on any atom is 0.126 e. The molecule has 106 valence electrons. The van der Waals surface area contributed by atoms with Gasteiger partial charge in [0.2, 0.25) is 0 Å². The zero-order valence-corrected chi connectivity index (χ0v) is 11.6. The Morgan fingerprint density at radius 1 is 1.10 bits per heavy atom. The Morgan fingerprint density at radius 2 is 1.75 bits per heavy atom. The molecule has 1 unspecified atom stereocenters. The van der Waals surface area contributed by atoms with E-state index in [9.17, 15) is 8.78 Å². The number of hydrogen-bond acceptors (Lipinski definition) is 2. The molecule has 20 heavy (non-hydrogen) atoms. The number of halogens is 2. The van der Waals surface area contributed by atoms with Gasteiger partial charge in [0, 0.05) is 19.3 Å². The lowest BCUT2D eigenvalue weighted by Crippen LogP contribution is -2.30. The van der Waals surface area contributed by atoms with E-state index < -0.39 is 0 Å². The summed E-state index contributed by atoms with van der Waals surface area (Å²) < 4.78 is 26.6. The van der Waals surface area contributed by atoms with E-state index in [1.807, 2.05) is 18.0 Å². The van der Waals surface area contributed by atoms with Crippen LogP contribution in [0.2, 0.25) is 0 Å². The van der Waals surface area contributed by atoms with Gasteiger partial charge in [-0.15, -0.1) is 0 Å². The fourth-order valence-electron chi connectivity index (χ4n) is 2.19. The van der Waals surface area contributed by atoms with Crippen LogP contribution in [0.5, 0.6) is 0 Å². The molecule has 0 saturated carbocycles. The molecule has 0 aromatic heterocycles. The Morgan fingerprint density at radius 3 is 2.30 bits per heavy atom. The van der Waals surface area contributed by atoms with Crippen molar-refractivity contribution in [2.75, 3.05) is 18.5 Å². The Kier molecular flexibility index (Phi) is 4.35. The first-order valence-corrected chi connectivity index (χ1v) is 6.47. The third-order valence-corrected chi connectivity index (χ3v) is 3.51. The molecule has 0 saturated heterocycles. The van der Waals surface area contributed by atoms with Gasteiger partial charge in [-0.2, -0.15) is 0 Å². The van der Waals surface area contributed by atoms with Crippen molar-refractivity contribution in [3.63, 3.8) is 0 Å². The van der Waals surface area contributed by atoms with Crippen molar-refractivity contribution < 1.29 is 8.78 Å². The van der Waals surface area contributed by atoms with Gasteiger partial charge in [-0.3, -0.25) is 0 Å². The number of nitrogens with zero attached hydrogens (tertiary/aromatic N) is 1. The molecule has 0 fully saturated rings. The molecular weight excluding hydrogens is 258 g/mol. The summed E-state index contributed by atoms with van der Waals surface area (Å²) in [5.74, 6) is -0.527. The maximum atomic E-state index is 13.7. The minimum atomic E-state index is -0.284. The topological polar surface area (TPSA) is 29.3 Å². The number of hydrogen-bond donors (Lipinski definition) is 1. The molecule has 0 spiro atoms. The van der Waals surface area contributed by atoms with Crippen LogP contribution in [0, 0.1) is 18.6 Å². The second-order valence-electron chi connectivity index (χ2n) is 4.85. The third-order valence-electron chi connectivity index (χ3n) is 3.51. The van der Waals surface area contributed by atoms with E-state index in [-0.39, 0.29) is 17.7 Å². The minimum Gasteiger partial charge on any atom is -0.366 e. The lowest BCUT2D eigenvalue weighted by Gasteiger charge is -2.29. The van der Waals surface area contributed by atoms with Gasteiger partial charge in [-0.1, -0.05) is 12.1 Å². The zero-order valence-electron chi connectivity index (χ0n) is 11.6. The van der Waals surface area contributed by atoms with Gasteiger partial charge in [0.25, 0.3) is 0 Å². The number of likely N-dealkylation sites (N-methyl/N-ethyl adjacent to an activating group) is 1. The van der Waals surface area contributed by atoms with Crippen molar-refractivity contribution in [1.82, 2.24) is 0 Å². The summed E-state index contributed by atoms with van der Waals surface area (Å²) in [6, 6.07) is 11.1. The molecule has 2 rings (SSSR count). The molecule has 0 heterocycles. The number of benzene rings is 2. The Bertz CT molecular complexity index is 582. The van der Waals surface area contributed by atoms with E-state index in [0.29, 0.717) is 12.1 Å². The first kappa shape index (κ1) is 14.5. The summed E-state index contributed by atoms with van der Waals surface area (Å²) in [5, 5.41) is 0. The number of anilines is 1. The van der Waals surface area contributed by atoms with Crippen molar-refractivity contribution in [3.05, 3.63) is 65.2 Å². The molecule has 0 bridgehead atoms. The quantitative estimate of drug-likeness (QED) is 0.927. The van der Waals surface area contributed by atoms with Crippen LogP contribution in [0.4, 0.5) is 14.5 Å². The fraction of sp³-hybridized carbons (Fsp3) is 0.250. The highest BCUT2D eigenvalue weighted by atomic mass is 19.1. The van der Waals surface area contributed by atoms with Crippen LogP contribution in [-0.4, -0.2) is 13.6 Å². The van der Waals surface area contributed by atoms with Crippen LogP contribution in [0.1, 0.15) is 17.2 Å². The van der Waals surface area contributed by atoms with Gasteiger partial charge in [0.05, 0.1) is 6.04 Å². The van der Waals surface area contributed by atoms with E-state index in [1.54, 1.807) is 25.1 Å². The molecule has 0 aliphatic rings. The molecule has 4 heteroatoms. The second-order valence-corrected chi connectivity index (χ2v) is 4.85. The number of rotatable bonds is 4. The molecule has 0 amide bonds. The molecule has 2 aromatic carbocycles. The first-order chi connectivity index (χ1) is 9.52. The van der Waals surface area contributed by atoms with E-state index in [0.717, 1.165) is 11.3 Å². The van der Waals surface area contributed by atoms with Gasteiger partial charge in [0.1, 0.15) is 11.6 Å². The lowest BCUT2D eigenvalue weighted by molar-refractivity contribution is 0.606. The maximum absolute atomic E-state index is 13.7. The Balaban J connectivity index is 2.31. The SMILES string of the molecule is Cc1ccc(C(CN)N(C)c2ccc(F)cc2)cc1F. The number of nitrogens with two attached hydrogens (primary N) is 1. The summed E-state index contributed by atoms with van der Waals surface area (Å²) >= 11 is 0. The summed E-state index contributed by atoms with van der Waals surface area (Å²) in [6.07, 6.45) is 0. The predicted molar refractivity (Wildman–Crippen MR) is 77.7 cm³/mol. The molecule has 2 aromatic rings. The third kappa shape index (κ3) is 2.96. The number of aryl methyl sites for hydroxylation is 1. The molecule has 2 nitrogen and oxygen atoms in total. The summed E-state index contributed by atoms with van der Waals surface area (Å²) in [7, 11) is 1.86. The average Bonchev–Trinajstić information content (AvgIpc) is 2.44. The van der Waals surface area contributed by atoms with E-state index >= 15 is 0 Å². The zero-order chi connectivity index (χ0) is 14.7. The second kappa shape index (κ2) is 6.01. The smallest absolute Gasteiger partial charge is 0.126 e. The van der Waals surface area contributed by atoms with Crippen LogP contribution in [0.25, 0.3) is 0 Å². The fourth-order valence-corrected chi connectivity index (χ4v) is 2.19. The van der Waals surface area contributed by atoms with Crippen molar-refractivity contribution in [3.8, 4) is 0 Å². The van der Waals surface area contributed by atoms with Gasteiger partial charge in [-0.05, 0) is 48.4 Å². The van der Waals surface area contributed by atoms with Crippen molar-refractivity contribution in [2.45, 2.75) is 13.0 Å². The highest BCUT2D eigenvalue weighted by Crippen LogP contribution is 2.26. The van der Waals surface area contributed by atoms with E-state index in [2.05, 4.69) is 0 Å². The lowest BCUT2D eigenvalue weighted by atomic mass is 10.0. The normalized spacial score (nSPS) is 12.2. The molecule has 0 aliphatic carbocycles. The largest absolute Gasteiger partial charge is 0.366 e. The van der Waals surface area contributed by atoms with Crippen LogP contribution >= 0.6 is 0 Å². The first-order valence-electron chi connectivity index (χ1n) is 6.47. The van der Waals surface area contributed by atoms with E-state index in [1.165, 1.54) is 18.2 Å². The Hall–Kier alpha value is -1.94. The van der Waals surface area contributed by atoms with Crippen LogP contribution < -0.4 is 10.6 Å². The van der Waals surface area contributed by atoms with Gasteiger partial charge in [-0.25, -0.2) is 8.78 Å². The van der Waals surface area contributed by atoms with Gasteiger partial charge >= 0.3 is 0 Å². The predicted octanol–water partition coefficient (Wildman–Crippen LogP) is 3.41. The minimum absolute atomic E-state index is 0.157. The molecular formula is C16H18F2N2. The molecule has 2 N–H and O–H groups in total. The molecule has 1 atom stereocenters. The molecule has 0 aliphatic heterocycles. The van der Waals surface area contributed by atoms with Crippen molar-refractivity contribution in [1.29, 1.82) is 0 Å². The summed E-state index contributed by atoms with van der Waals surface area (Å²) in [5.41, 5.74) is 8.07. The average molecular weight is 276 g/mol. The summed E-state index contributed by atoms with van der Waals surface area (Å²) in [6.45, 7) is 2.07. The highest BCUT2D eigenvalue weighted by molar-refractivity contribution is 5.48. The molecule has 0 radical (unpaired) electrons. The summed E-state index contributed by atoms with van der Waals surface area (Å²) in [4.78, 5) is 1.92. The van der Waals surface area contributed by atoms with Gasteiger partial charge in [0.15, 0.2) is 0 Å². The van der Waals surface area contributed by atoms with Crippen LogP contribution in [-0.2, 0) is 0 Å². The highest BCUT2D eigenvalue weighted by Gasteiger charge is 2.17.